The predicted octanol–water partition coefficient (Wildman–Crippen LogP) is 4.25. The Kier molecular flexibility index (Phi) is 4.79. The highest BCUT2D eigenvalue weighted by Crippen LogP contribution is 2.30. The van der Waals surface area contributed by atoms with Crippen molar-refractivity contribution in [3.63, 3.8) is 0 Å². The summed E-state index contributed by atoms with van der Waals surface area (Å²) in [6.07, 6.45) is 5.42. The summed E-state index contributed by atoms with van der Waals surface area (Å²) < 4.78 is 0. The zero-order chi connectivity index (χ0) is 8.91. The lowest BCUT2D eigenvalue weighted by molar-refractivity contribution is 0.258. The van der Waals surface area contributed by atoms with E-state index in [9.17, 15) is 0 Å². The molecule has 0 N–H and O–H groups in total. The molecule has 0 heterocycles. The van der Waals surface area contributed by atoms with Crippen LogP contribution in [0.1, 0.15) is 60.3 Å². The summed E-state index contributed by atoms with van der Waals surface area (Å²) in [6.45, 7) is 11.7. The van der Waals surface area contributed by atoms with Crippen molar-refractivity contribution in [2.75, 3.05) is 0 Å². The predicted molar refractivity (Wildman–Crippen MR) is 52.8 cm³/mol. The Morgan fingerprint density at radius 1 is 1.18 bits per heavy atom. The Bertz CT molecular complexity index is 92.2. The van der Waals surface area contributed by atoms with Crippen LogP contribution < -0.4 is 0 Å². The number of hydrogen-bond donors (Lipinski definition) is 0. The van der Waals surface area contributed by atoms with E-state index in [2.05, 4.69) is 34.6 Å². The van der Waals surface area contributed by atoms with Crippen molar-refractivity contribution < 1.29 is 0 Å². The molecule has 11 heavy (non-hydrogen) atoms. The van der Waals surface area contributed by atoms with Crippen LogP contribution in [-0.2, 0) is 0 Å². The molecule has 0 aromatic heterocycles. The van der Waals surface area contributed by atoms with Crippen LogP contribution in [0.5, 0.6) is 0 Å². The van der Waals surface area contributed by atoms with E-state index < -0.39 is 0 Å². The number of hydrogen-bond acceptors (Lipinski definition) is 0. The molecular formula is C11H24. The second kappa shape index (κ2) is 4.79. The Morgan fingerprint density at radius 2 is 1.73 bits per heavy atom. The van der Waals surface area contributed by atoms with Crippen molar-refractivity contribution in [1.29, 1.82) is 0 Å². The molecule has 68 valence electrons. The zero-order valence-corrected chi connectivity index (χ0v) is 8.91. The minimum atomic E-state index is 0.564. The van der Waals surface area contributed by atoms with Gasteiger partial charge < -0.3 is 0 Å². The van der Waals surface area contributed by atoms with Crippen LogP contribution in [0.4, 0.5) is 0 Å². The topological polar surface area (TPSA) is 0 Å². The third-order valence-corrected chi connectivity index (χ3v) is 2.64. The molecule has 0 aromatic rings. The summed E-state index contributed by atoms with van der Waals surface area (Å²) in [5.74, 6) is 0.912. The molecule has 1 unspecified atom stereocenters. The van der Waals surface area contributed by atoms with Gasteiger partial charge >= 0.3 is 0 Å². The third-order valence-electron chi connectivity index (χ3n) is 2.64. The van der Waals surface area contributed by atoms with Crippen molar-refractivity contribution in [2.24, 2.45) is 11.3 Å². The van der Waals surface area contributed by atoms with E-state index in [1.807, 2.05) is 0 Å². The van der Waals surface area contributed by atoms with Crippen molar-refractivity contribution in [2.45, 2.75) is 60.3 Å². The molecule has 1 atom stereocenters. The highest BCUT2D eigenvalue weighted by Gasteiger charge is 2.17. The molecule has 0 spiro atoms. The first-order chi connectivity index (χ1) is 5.02. The standard InChI is InChI=1S/C11H24/c1-6-8-10(3)9-11(4,5)7-2/h10H,6-9H2,1-5H3. The highest BCUT2D eigenvalue weighted by molar-refractivity contribution is 4.69. The molecule has 0 bridgehead atoms. The van der Waals surface area contributed by atoms with Crippen LogP contribution in [-0.4, -0.2) is 0 Å². The summed E-state index contributed by atoms with van der Waals surface area (Å²) in [4.78, 5) is 0. The molecule has 0 radical (unpaired) electrons. The molecule has 0 fully saturated rings. The fourth-order valence-electron chi connectivity index (χ4n) is 1.68. The van der Waals surface area contributed by atoms with E-state index in [4.69, 9.17) is 0 Å². The van der Waals surface area contributed by atoms with Crippen LogP contribution in [0.25, 0.3) is 0 Å². The van der Waals surface area contributed by atoms with Crippen molar-refractivity contribution in [1.82, 2.24) is 0 Å². The van der Waals surface area contributed by atoms with Gasteiger partial charge in [0.2, 0.25) is 0 Å². The Labute approximate surface area is 72.4 Å². The molecule has 0 saturated heterocycles. The van der Waals surface area contributed by atoms with Gasteiger partial charge in [-0.25, -0.2) is 0 Å². The summed E-state index contributed by atoms with van der Waals surface area (Å²) in [5, 5.41) is 0. The van der Waals surface area contributed by atoms with Crippen molar-refractivity contribution >= 4 is 0 Å². The Hall–Kier alpha value is 0. The average molecular weight is 156 g/mol. The maximum atomic E-state index is 2.38. The molecule has 0 nitrogen and oxygen atoms in total. The first kappa shape index (κ1) is 11.0. The van der Waals surface area contributed by atoms with E-state index >= 15 is 0 Å². The van der Waals surface area contributed by atoms with Gasteiger partial charge in [0, 0.05) is 0 Å². The fourth-order valence-corrected chi connectivity index (χ4v) is 1.68. The molecular weight excluding hydrogens is 132 g/mol. The summed E-state index contributed by atoms with van der Waals surface area (Å²) in [5.41, 5.74) is 0.564. The van der Waals surface area contributed by atoms with Crippen molar-refractivity contribution in [3.05, 3.63) is 0 Å². The third kappa shape index (κ3) is 5.29. The molecule has 0 rings (SSSR count). The summed E-state index contributed by atoms with van der Waals surface area (Å²) in [6, 6.07) is 0. The van der Waals surface area contributed by atoms with Gasteiger partial charge in [0.25, 0.3) is 0 Å². The van der Waals surface area contributed by atoms with E-state index in [1.54, 1.807) is 0 Å². The molecule has 0 heteroatoms. The normalized spacial score (nSPS) is 15.0. The SMILES string of the molecule is CCCC(C)CC(C)(C)CC. The lowest BCUT2D eigenvalue weighted by atomic mass is 9.80. The first-order valence-electron chi connectivity index (χ1n) is 5.02. The van der Waals surface area contributed by atoms with Crippen LogP contribution in [0.3, 0.4) is 0 Å². The molecule has 0 aromatic carbocycles. The minimum absolute atomic E-state index is 0.564. The van der Waals surface area contributed by atoms with E-state index in [1.165, 1.54) is 25.7 Å². The second-order valence-corrected chi connectivity index (χ2v) is 4.62. The van der Waals surface area contributed by atoms with Gasteiger partial charge in [0.15, 0.2) is 0 Å². The zero-order valence-electron chi connectivity index (χ0n) is 8.91. The lowest BCUT2D eigenvalue weighted by Crippen LogP contribution is -2.14. The maximum absolute atomic E-state index is 2.38. The minimum Gasteiger partial charge on any atom is -0.0654 e. The average Bonchev–Trinajstić information content (AvgIpc) is 1.87. The summed E-state index contributed by atoms with van der Waals surface area (Å²) in [7, 11) is 0. The lowest BCUT2D eigenvalue weighted by Gasteiger charge is -2.26. The molecule has 0 amide bonds. The van der Waals surface area contributed by atoms with Gasteiger partial charge in [-0.05, 0) is 17.8 Å². The van der Waals surface area contributed by atoms with Gasteiger partial charge in [0.1, 0.15) is 0 Å². The molecule has 0 aliphatic carbocycles. The van der Waals surface area contributed by atoms with Gasteiger partial charge in [-0.15, -0.1) is 0 Å². The smallest absolute Gasteiger partial charge is 0.0354 e. The summed E-state index contributed by atoms with van der Waals surface area (Å²) >= 11 is 0. The van der Waals surface area contributed by atoms with E-state index in [0.717, 1.165) is 5.92 Å². The molecule has 0 aliphatic heterocycles. The molecule has 0 aliphatic rings. The Morgan fingerprint density at radius 3 is 2.09 bits per heavy atom. The van der Waals surface area contributed by atoms with Gasteiger partial charge in [-0.1, -0.05) is 53.9 Å². The van der Waals surface area contributed by atoms with Crippen molar-refractivity contribution in [3.8, 4) is 0 Å². The maximum Gasteiger partial charge on any atom is -0.0354 e. The monoisotopic (exact) mass is 156 g/mol. The van der Waals surface area contributed by atoms with Crippen LogP contribution in [0.2, 0.25) is 0 Å². The first-order valence-corrected chi connectivity index (χ1v) is 5.02. The van der Waals surface area contributed by atoms with Crippen LogP contribution in [0, 0.1) is 11.3 Å². The molecule has 0 saturated carbocycles. The fraction of sp³-hybridized carbons (Fsp3) is 1.00. The van der Waals surface area contributed by atoms with Gasteiger partial charge in [0.05, 0.1) is 0 Å². The second-order valence-electron chi connectivity index (χ2n) is 4.62. The quantitative estimate of drug-likeness (QED) is 0.558. The van der Waals surface area contributed by atoms with Crippen LogP contribution >= 0.6 is 0 Å². The largest absolute Gasteiger partial charge is 0.0654 e. The van der Waals surface area contributed by atoms with Gasteiger partial charge in [-0.2, -0.15) is 0 Å². The number of rotatable bonds is 5. The van der Waals surface area contributed by atoms with Gasteiger partial charge in [-0.3, -0.25) is 0 Å². The Balaban J connectivity index is 3.64. The van der Waals surface area contributed by atoms with E-state index in [0.29, 0.717) is 5.41 Å². The highest BCUT2D eigenvalue weighted by atomic mass is 14.2. The van der Waals surface area contributed by atoms with E-state index in [-0.39, 0.29) is 0 Å². The van der Waals surface area contributed by atoms with Crippen LogP contribution in [0.15, 0.2) is 0 Å².